The van der Waals surface area contributed by atoms with Crippen LogP contribution >= 0.6 is 35.8 Å². The monoisotopic (exact) mass is 417 g/mol. The number of carbonyl (C=O) groups is 1. The maximum Gasteiger partial charge on any atom is 0.239 e. The Morgan fingerprint density at radius 2 is 2.04 bits per heavy atom. The van der Waals surface area contributed by atoms with Gasteiger partial charge in [-0.3, -0.25) is 9.69 Å². The van der Waals surface area contributed by atoms with Gasteiger partial charge < -0.3 is 15.0 Å². The van der Waals surface area contributed by atoms with Crippen molar-refractivity contribution in [2.24, 2.45) is 5.73 Å². The van der Waals surface area contributed by atoms with E-state index in [9.17, 15) is 4.79 Å². The molecule has 0 bridgehead atoms. The lowest BCUT2D eigenvalue weighted by atomic mass is 10.2. The zero-order valence-corrected chi connectivity index (χ0v) is 17.2. The predicted molar refractivity (Wildman–Crippen MR) is 110 cm³/mol. The summed E-state index contributed by atoms with van der Waals surface area (Å²) in [5, 5.41) is 0.696. The smallest absolute Gasteiger partial charge is 0.239 e. The van der Waals surface area contributed by atoms with E-state index in [0.29, 0.717) is 5.02 Å². The van der Waals surface area contributed by atoms with Crippen LogP contribution in [0, 0.1) is 0 Å². The molecule has 1 fully saturated rings. The van der Waals surface area contributed by atoms with Gasteiger partial charge in [-0.05, 0) is 30.6 Å². The van der Waals surface area contributed by atoms with Crippen LogP contribution in [-0.2, 0) is 11.3 Å². The summed E-state index contributed by atoms with van der Waals surface area (Å²) in [6.45, 7) is 3.92. The second-order valence-corrected chi connectivity index (χ2v) is 7.76. The van der Waals surface area contributed by atoms with Gasteiger partial charge in [-0.1, -0.05) is 11.6 Å². The predicted octanol–water partition coefficient (Wildman–Crippen LogP) is 2.13. The molecular formula is C17H25Cl2N5OS. The molecule has 1 unspecified atom stereocenters. The highest BCUT2D eigenvalue weighted by molar-refractivity contribution is 7.98. The number of halogens is 2. The van der Waals surface area contributed by atoms with Gasteiger partial charge in [0.05, 0.1) is 16.8 Å². The minimum Gasteiger partial charge on any atom is -0.339 e. The number of nitrogens with two attached hydrogens (primary N) is 1. The fourth-order valence-electron chi connectivity index (χ4n) is 3.05. The number of hydrogen-bond acceptors (Lipinski definition) is 5. The number of amides is 1. The zero-order valence-electron chi connectivity index (χ0n) is 14.8. The van der Waals surface area contributed by atoms with Gasteiger partial charge in [-0.15, -0.1) is 12.4 Å². The van der Waals surface area contributed by atoms with E-state index in [4.69, 9.17) is 17.3 Å². The molecule has 6 nitrogen and oxygen atoms in total. The first-order valence-electron chi connectivity index (χ1n) is 8.45. The minimum atomic E-state index is -0.373. The summed E-state index contributed by atoms with van der Waals surface area (Å²) >= 11 is 7.74. The highest BCUT2D eigenvalue weighted by Crippen LogP contribution is 2.14. The maximum absolute atomic E-state index is 12.4. The van der Waals surface area contributed by atoms with Crippen LogP contribution in [0.2, 0.25) is 5.02 Å². The number of imidazole rings is 1. The first kappa shape index (κ1) is 21.3. The van der Waals surface area contributed by atoms with E-state index in [2.05, 4.69) is 9.88 Å². The summed E-state index contributed by atoms with van der Waals surface area (Å²) in [6.07, 6.45) is 6.64. The van der Waals surface area contributed by atoms with Crippen molar-refractivity contribution in [3.63, 3.8) is 0 Å². The number of pyridine rings is 1. The molecule has 2 aromatic rings. The van der Waals surface area contributed by atoms with Crippen molar-refractivity contribution < 1.29 is 4.79 Å². The molecule has 1 amide bonds. The third-order valence-corrected chi connectivity index (χ3v) is 5.35. The molecule has 0 aliphatic carbocycles. The first-order valence-corrected chi connectivity index (χ1v) is 10.2. The Hall–Kier alpha value is -0.990. The molecule has 0 radical (unpaired) electrons. The normalized spacial score (nSPS) is 16.5. The third-order valence-electron chi connectivity index (χ3n) is 4.48. The molecule has 3 rings (SSSR count). The van der Waals surface area contributed by atoms with Crippen LogP contribution in [-0.4, -0.2) is 69.3 Å². The third kappa shape index (κ3) is 5.27. The van der Waals surface area contributed by atoms with Crippen molar-refractivity contribution in [2.75, 3.05) is 38.2 Å². The van der Waals surface area contributed by atoms with E-state index in [0.717, 1.165) is 56.2 Å². The van der Waals surface area contributed by atoms with Gasteiger partial charge in [0.2, 0.25) is 5.91 Å². The number of fused-ring (bicyclic) bond motifs is 1. The average molecular weight is 418 g/mol. The van der Waals surface area contributed by atoms with Gasteiger partial charge in [0, 0.05) is 45.1 Å². The largest absolute Gasteiger partial charge is 0.339 e. The fourth-order valence-corrected chi connectivity index (χ4v) is 3.71. The zero-order chi connectivity index (χ0) is 17.8. The second kappa shape index (κ2) is 9.80. The number of carbonyl (C=O) groups excluding carboxylic acids is 1. The van der Waals surface area contributed by atoms with Gasteiger partial charge in [0.15, 0.2) is 0 Å². The number of thioether (sulfide) groups is 1. The number of nitrogens with zero attached hydrogens (tertiary/aromatic N) is 4. The molecule has 3 heterocycles. The van der Waals surface area contributed by atoms with E-state index in [1.165, 1.54) is 0 Å². The molecule has 0 aromatic carbocycles. The lowest BCUT2D eigenvalue weighted by molar-refractivity contribution is -0.134. The second-order valence-electron chi connectivity index (χ2n) is 6.33. The molecule has 0 spiro atoms. The van der Waals surface area contributed by atoms with E-state index < -0.39 is 0 Å². The fraction of sp³-hybridized carbons (Fsp3) is 0.529. The SMILES string of the molecule is CSCCC(N)C(=O)N1CCN(Cc2cn3cc(Cl)ccc3n2)CC1.Cl. The number of hydrogen-bond donors (Lipinski definition) is 1. The topological polar surface area (TPSA) is 66.9 Å². The summed E-state index contributed by atoms with van der Waals surface area (Å²) in [6, 6.07) is 3.39. The molecule has 1 aliphatic rings. The molecule has 1 saturated heterocycles. The van der Waals surface area contributed by atoms with E-state index in [1.54, 1.807) is 11.8 Å². The summed E-state index contributed by atoms with van der Waals surface area (Å²) in [5.74, 6) is 1.00. The Balaban J connectivity index is 0.00000243. The quantitative estimate of drug-likeness (QED) is 0.779. The van der Waals surface area contributed by atoms with Gasteiger partial charge in [-0.25, -0.2) is 4.98 Å². The van der Waals surface area contributed by atoms with Crippen molar-refractivity contribution in [2.45, 2.75) is 19.0 Å². The molecule has 1 aliphatic heterocycles. The molecule has 2 aromatic heterocycles. The van der Waals surface area contributed by atoms with Crippen molar-refractivity contribution in [1.29, 1.82) is 0 Å². The molecular weight excluding hydrogens is 393 g/mol. The molecule has 2 N–H and O–H groups in total. The van der Waals surface area contributed by atoms with E-state index >= 15 is 0 Å². The Kier molecular flexibility index (Phi) is 8.04. The van der Waals surface area contributed by atoms with Crippen molar-refractivity contribution in [3.05, 3.63) is 35.2 Å². The van der Waals surface area contributed by atoms with E-state index in [1.807, 2.05) is 40.1 Å². The van der Waals surface area contributed by atoms with Gasteiger partial charge in [0.25, 0.3) is 0 Å². The summed E-state index contributed by atoms with van der Waals surface area (Å²) in [5.41, 5.74) is 7.91. The first-order chi connectivity index (χ1) is 12.1. The number of piperazine rings is 1. The lowest BCUT2D eigenvalue weighted by Gasteiger charge is -2.35. The molecule has 1 atom stereocenters. The van der Waals surface area contributed by atoms with Crippen LogP contribution < -0.4 is 5.73 Å². The van der Waals surface area contributed by atoms with E-state index in [-0.39, 0.29) is 24.4 Å². The van der Waals surface area contributed by atoms with Crippen molar-refractivity contribution in [1.82, 2.24) is 19.2 Å². The molecule has 9 heteroatoms. The Morgan fingerprint density at radius 3 is 2.73 bits per heavy atom. The minimum absolute atomic E-state index is 0. The van der Waals surface area contributed by atoms with Crippen LogP contribution in [0.4, 0.5) is 0 Å². The van der Waals surface area contributed by atoms with Crippen LogP contribution in [0.15, 0.2) is 24.5 Å². The highest BCUT2D eigenvalue weighted by atomic mass is 35.5. The van der Waals surface area contributed by atoms with Gasteiger partial charge in [0.1, 0.15) is 5.65 Å². The highest BCUT2D eigenvalue weighted by Gasteiger charge is 2.25. The van der Waals surface area contributed by atoms with Crippen LogP contribution in [0.25, 0.3) is 5.65 Å². The summed E-state index contributed by atoms with van der Waals surface area (Å²) in [7, 11) is 0. The maximum atomic E-state index is 12.4. The molecule has 26 heavy (non-hydrogen) atoms. The summed E-state index contributed by atoms with van der Waals surface area (Å²) in [4.78, 5) is 21.2. The van der Waals surface area contributed by atoms with Crippen molar-refractivity contribution in [3.8, 4) is 0 Å². The van der Waals surface area contributed by atoms with Crippen LogP contribution in [0.3, 0.4) is 0 Å². The van der Waals surface area contributed by atoms with Gasteiger partial charge >= 0.3 is 0 Å². The molecule has 144 valence electrons. The van der Waals surface area contributed by atoms with Crippen LogP contribution in [0.1, 0.15) is 12.1 Å². The van der Waals surface area contributed by atoms with Gasteiger partial charge in [-0.2, -0.15) is 11.8 Å². The average Bonchev–Trinajstić information content (AvgIpc) is 3.01. The van der Waals surface area contributed by atoms with Crippen LogP contribution in [0.5, 0.6) is 0 Å². The Bertz CT molecular complexity index is 733. The standard InChI is InChI=1S/C17H24ClN5OS.ClH/c1-25-9-4-15(19)17(24)22-7-5-21(6-8-22)11-14-12-23-10-13(18)2-3-16(23)20-14;/h2-3,10,12,15H,4-9,11,19H2,1H3;1H. The Morgan fingerprint density at radius 1 is 1.31 bits per heavy atom. The number of rotatable bonds is 6. The summed E-state index contributed by atoms with van der Waals surface area (Å²) < 4.78 is 1.95. The van der Waals surface area contributed by atoms with Crippen molar-refractivity contribution >= 4 is 47.3 Å². The number of aromatic nitrogens is 2. The molecule has 0 saturated carbocycles. The lowest BCUT2D eigenvalue weighted by Crippen LogP contribution is -2.53. The Labute approximate surface area is 169 Å².